The van der Waals surface area contributed by atoms with E-state index in [0.717, 1.165) is 12.1 Å². The van der Waals surface area contributed by atoms with Gasteiger partial charge in [0.05, 0.1) is 11.4 Å². The third-order valence-corrected chi connectivity index (χ3v) is 6.89. The van der Waals surface area contributed by atoms with Crippen molar-refractivity contribution in [3.8, 4) is 11.3 Å². The third kappa shape index (κ3) is 4.55. The van der Waals surface area contributed by atoms with Crippen LogP contribution in [-0.2, 0) is 17.6 Å². The highest BCUT2D eigenvalue weighted by molar-refractivity contribution is 6.16. The number of nitrogens with one attached hydrogen (secondary N) is 1. The van der Waals surface area contributed by atoms with Crippen molar-refractivity contribution in [3.63, 3.8) is 0 Å². The minimum atomic E-state index is -1.25. The molecule has 0 aliphatic carbocycles. The van der Waals surface area contributed by atoms with Crippen LogP contribution in [0.5, 0.6) is 0 Å². The number of carbonyl (C=O) groups excluding carboxylic acids is 2. The summed E-state index contributed by atoms with van der Waals surface area (Å²) in [4.78, 5) is 41.2. The van der Waals surface area contributed by atoms with Crippen LogP contribution < -0.4 is 5.32 Å². The Bertz CT molecular complexity index is 1790. The number of aryl methyl sites for hydroxylation is 2. The summed E-state index contributed by atoms with van der Waals surface area (Å²) in [6.45, 7) is 3.83. The number of halogens is 1. The monoisotopic (exact) mass is 532 g/mol. The van der Waals surface area contributed by atoms with Crippen LogP contribution in [0.15, 0.2) is 84.0 Å². The molecule has 8 nitrogen and oxygen atoms in total. The highest BCUT2D eigenvalue weighted by Crippen LogP contribution is 2.26. The zero-order chi connectivity index (χ0) is 27.8. The number of carbonyl (C=O) groups is 2. The van der Waals surface area contributed by atoms with Crippen LogP contribution in [0.3, 0.4) is 0 Å². The van der Waals surface area contributed by atoms with E-state index in [4.69, 9.17) is 0 Å². The van der Waals surface area contributed by atoms with Gasteiger partial charge in [0.25, 0.3) is 5.91 Å². The molecule has 1 aliphatic heterocycles. The van der Waals surface area contributed by atoms with E-state index in [-0.39, 0.29) is 17.7 Å². The first-order chi connectivity index (χ1) is 19.4. The van der Waals surface area contributed by atoms with Crippen molar-refractivity contribution in [2.45, 2.75) is 32.9 Å². The molecule has 2 aromatic carbocycles. The molecule has 1 atom stereocenters. The Morgan fingerprint density at radius 3 is 2.60 bits per heavy atom. The lowest BCUT2D eigenvalue weighted by atomic mass is 9.95. The number of benzene rings is 2. The molecule has 1 amide bonds. The van der Waals surface area contributed by atoms with Crippen molar-refractivity contribution >= 4 is 23.0 Å². The van der Waals surface area contributed by atoms with Gasteiger partial charge in [0, 0.05) is 40.6 Å². The number of hydrogen-bond donors (Lipinski definition) is 1. The quantitative estimate of drug-likeness (QED) is 0.359. The number of ketones is 1. The maximum atomic E-state index is 14.9. The summed E-state index contributed by atoms with van der Waals surface area (Å²) < 4.78 is 16.4. The second kappa shape index (κ2) is 10.3. The fraction of sp³-hybridized carbons (Fsp3) is 0.161. The maximum Gasteiger partial charge on any atom is 0.274 e. The van der Waals surface area contributed by atoms with Crippen LogP contribution >= 0.6 is 0 Å². The lowest BCUT2D eigenvalue weighted by Gasteiger charge is -2.14. The molecule has 0 spiro atoms. The topological polar surface area (TPSA) is 102 Å². The van der Waals surface area contributed by atoms with Gasteiger partial charge in [-0.3, -0.25) is 19.6 Å². The molecule has 3 aromatic heterocycles. The Morgan fingerprint density at radius 1 is 1.02 bits per heavy atom. The Labute approximate surface area is 229 Å². The second-order valence-electron chi connectivity index (χ2n) is 9.57. The molecule has 0 fully saturated rings. The highest BCUT2D eigenvalue weighted by atomic mass is 19.1. The van der Waals surface area contributed by atoms with E-state index in [1.54, 1.807) is 24.4 Å². The molecule has 1 N–H and O–H groups in total. The number of imidazole rings is 1. The van der Waals surface area contributed by atoms with Crippen LogP contribution in [0.2, 0.25) is 0 Å². The Hall–Kier alpha value is -5.05. The number of amides is 1. The predicted octanol–water partition coefficient (Wildman–Crippen LogP) is 4.52. The largest absolute Gasteiger partial charge is 0.323 e. The first-order valence-electron chi connectivity index (χ1n) is 13.0. The average molecular weight is 533 g/mol. The summed E-state index contributed by atoms with van der Waals surface area (Å²) >= 11 is 0. The van der Waals surface area contributed by atoms with E-state index >= 15 is 0 Å². The van der Waals surface area contributed by atoms with Gasteiger partial charge in [0.2, 0.25) is 0 Å². The zero-order valence-corrected chi connectivity index (χ0v) is 21.9. The number of Topliss-reactive ketones (excluding diaryl/α,β-unsaturated/α-hetero) is 1. The lowest BCUT2D eigenvalue weighted by Crippen LogP contribution is -2.41. The molecule has 0 unspecified atom stereocenters. The molecule has 0 bridgehead atoms. The maximum absolute atomic E-state index is 14.9. The van der Waals surface area contributed by atoms with E-state index in [0.29, 0.717) is 39.4 Å². The standard InChI is InChI=1S/C31H25FN6O2/c1-3-21-14-13-20(17-33-21)28-29(38-26(34-28)15-12-18(2)37-38)31(40)36-30-25(39)16-23-22(10-7-11-24(23)32)27(35-30)19-8-5-4-6-9-19/h4-15,17,30H,3,16H2,1-2H3,(H,36,40)/t30-/m1/s1. The number of pyridine rings is 1. The van der Waals surface area contributed by atoms with Gasteiger partial charge in [-0.15, -0.1) is 0 Å². The Morgan fingerprint density at radius 2 is 1.85 bits per heavy atom. The molecule has 40 heavy (non-hydrogen) atoms. The van der Waals surface area contributed by atoms with Gasteiger partial charge in [-0.1, -0.05) is 49.4 Å². The van der Waals surface area contributed by atoms with Gasteiger partial charge in [-0.2, -0.15) is 5.10 Å². The minimum absolute atomic E-state index is 0.155. The van der Waals surface area contributed by atoms with Crippen molar-refractivity contribution in [2.24, 2.45) is 4.99 Å². The molecule has 0 saturated carbocycles. The van der Waals surface area contributed by atoms with Crippen molar-refractivity contribution in [2.75, 3.05) is 0 Å². The van der Waals surface area contributed by atoms with Crippen molar-refractivity contribution < 1.29 is 14.0 Å². The second-order valence-corrected chi connectivity index (χ2v) is 9.57. The minimum Gasteiger partial charge on any atom is -0.323 e. The van der Waals surface area contributed by atoms with Crippen molar-refractivity contribution in [3.05, 3.63) is 119 Å². The number of hydrogen-bond acceptors (Lipinski definition) is 6. The van der Waals surface area contributed by atoms with E-state index < -0.39 is 23.7 Å². The number of nitrogens with zero attached hydrogens (tertiary/aromatic N) is 5. The van der Waals surface area contributed by atoms with Gasteiger partial charge in [0.15, 0.2) is 23.3 Å². The molecule has 1 aliphatic rings. The normalized spacial score (nSPS) is 14.9. The van der Waals surface area contributed by atoms with E-state index in [2.05, 4.69) is 25.4 Å². The fourth-order valence-corrected chi connectivity index (χ4v) is 4.84. The molecule has 5 aromatic rings. The summed E-state index contributed by atoms with van der Waals surface area (Å²) in [5, 5.41) is 7.31. The Balaban J connectivity index is 1.45. The smallest absolute Gasteiger partial charge is 0.274 e. The average Bonchev–Trinajstić information content (AvgIpc) is 3.28. The van der Waals surface area contributed by atoms with Gasteiger partial charge in [-0.05, 0) is 43.7 Å². The van der Waals surface area contributed by atoms with Gasteiger partial charge in [0.1, 0.15) is 11.5 Å². The van der Waals surface area contributed by atoms with E-state index in [1.165, 1.54) is 10.6 Å². The van der Waals surface area contributed by atoms with Crippen LogP contribution in [-0.4, -0.2) is 43.1 Å². The molecule has 4 heterocycles. The third-order valence-electron chi connectivity index (χ3n) is 6.89. The molecular weight excluding hydrogens is 507 g/mol. The lowest BCUT2D eigenvalue weighted by molar-refractivity contribution is -0.120. The van der Waals surface area contributed by atoms with Crippen molar-refractivity contribution in [1.82, 2.24) is 24.9 Å². The SMILES string of the molecule is CCc1ccc(-c2nc3ccc(C)nn3c2C(=O)N[C@H]2N=C(c3ccccc3)c3cccc(F)c3CC2=O)cn1. The van der Waals surface area contributed by atoms with Gasteiger partial charge < -0.3 is 5.32 Å². The number of fused-ring (bicyclic) bond motifs is 2. The van der Waals surface area contributed by atoms with Crippen LogP contribution in [0, 0.1) is 12.7 Å². The molecule has 0 radical (unpaired) electrons. The number of rotatable bonds is 5. The first kappa shape index (κ1) is 25.2. The molecule has 198 valence electrons. The summed E-state index contributed by atoms with van der Waals surface area (Å²) in [7, 11) is 0. The molecular formula is C31H25FN6O2. The summed E-state index contributed by atoms with van der Waals surface area (Å²) in [5.41, 5.74) is 5.15. The summed E-state index contributed by atoms with van der Waals surface area (Å²) in [5.74, 6) is -1.51. The number of aliphatic imine (C=N–C) groups is 1. The van der Waals surface area contributed by atoms with Crippen LogP contribution in [0.25, 0.3) is 16.9 Å². The zero-order valence-electron chi connectivity index (χ0n) is 21.9. The van der Waals surface area contributed by atoms with Crippen LogP contribution in [0.1, 0.15) is 45.5 Å². The summed E-state index contributed by atoms with van der Waals surface area (Å²) in [6, 6.07) is 21.2. The highest BCUT2D eigenvalue weighted by Gasteiger charge is 2.31. The van der Waals surface area contributed by atoms with Gasteiger partial charge >= 0.3 is 0 Å². The molecule has 9 heteroatoms. The van der Waals surface area contributed by atoms with E-state index in [9.17, 15) is 14.0 Å². The predicted molar refractivity (Wildman–Crippen MR) is 149 cm³/mol. The van der Waals surface area contributed by atoms with Crippen molar-refractivity contribution in [1.29, 1.82) is 0 Å². The molecule has 0 saturated heterocycles. The molecule has 6 rings (SSSR count). The van der Waals surface area contributed by atoms with Crippen LogP contribution in [0.4, 0.5) is 4.39 Å². The summed E-state index contributed by atoms with van der Waals surface area (Å²) in [6.07, 6.45) is 0.977. The van der Waals surface area contributed by atoms with Gasteiger partial charge in [-0.25, -0.2) is 13.9 Å². The number of aromatic nitrogens is 4. The van der Waals surface area contributed by atoms with E-state index in [1.807, 2.05) is 62.4 Å². The Kier molecular flexibility index (Phi) is 6.47. The first-order valence-corrected chi connectivity index (χ1v) is 13.0. The fourth-order valence-electron chi connectivity index (χ4n) is 4.84.